The summed E-state index contributed by atoms with van der Waals surface area (Å²) in [5.74, 6) is 0. The van der Waals surface area contributed by atoms with Crippen molar-refractivity contribution < 1.29 is 4.74 Å². The molecule has 29 heavy (non-hydrogen) atoms. The van der Waals surface area contributed by atoms with Gasteiger partial charge in [-0.1, -0.05) is 48.9 Å². The molecule has 0 aliphatic carbocycles. The van der Waals surface area contributed by atoms with Gasteiger partial charge in [0.25, 0.3) is 0 Å². The maximum atomic E-state index is 6.20. The Bertz CT molecular complexity index is 768. The number of nitrogens with zero attached hydrogens (tertiary/aromatic N) is 1. The van der Waals surface area contributed by atoms with Gasteiger partial charge in [-0.15, -0.1) is 0 Å². The summed E-state index contributed by atoms with van der Waals surface area (Å²) in [5, 5.41) is 3.69. The van der Waals surface area contributed by atoms with E-state index >= 15 is 0 Å². The first kappa shape index (κ1) is 21.9. The summed E-state index contributed by atoms with van der Waals surface area (Å²) < 4.78 is 6.20. The predicted molar refractivity (Wildman–Crippen MR) is 124 cm³/mol. The summed E-state index contributed by atoms with van der Waals surface area (Å²) >= 11 is 0. The molecule has 3 rings (SSSR count). The van der Waals surface area contributed by atoms with Gasteiger partial charge in [-0.2, -0.15) is 0 Å². The van der Waals surface area contributed by atoms with Gasteiger partial charge in [0.1, 0.15) is 0 Å². The maximum Gasteiger partial charge on any atom is 0.0660 e. The van der Waals surface area contributed by atoms with Crippen molar-refractivity contribution in [2.75, 3.05) is 32.1 Å². The third kappa shape index (κ3) is 5.40. The third-order valence-electron chi connectivity index (χ3n) is 6.72. The van der Waals surface area contributed by atoms with Crippen LogP contribution in [0.3, 0.4) is 0 Å². The molecule has 2 atom stereocenters. The minimum Gasteiger partial charge on any atom is -0.378 e. The number of hydrogen-bond donors (Lipinski definition) is 1. The van der Waals surface area contributed by atoms with E-state index in [-0.39, 0.29) is 11.0 Å². The van der Waals surface area contributed by atoms with E-state index in [1.54, 1.807) is 0 Å². The van der Waals surface area contributed by atoms with Crippen LogP contribution in [0, 0.1) is 6.92 Å². The first-order chi connectivity index (χ1) is 13.9. The van der Waals surface area contributed by atoms with Gasteiger partial charge in [0.05, 0.1) is 5.60 Å². The molecule has 158 valence electrons. The fourth-order valence-corrected chi connectivity index (χ4v) is 4.56. The highest BCUT2D eigenvalue weighted by atomic mass is 16.5. The quantitative estimate of drug-likeness (QED) is 0.602. The molecule has 0 radical (unpaired) electrons. The van der Waals surface area contributed by atoms with Crippen molar-refractivity contribution in [3.05, 3.63) is 65.2 Å². The molecular formula is C26H38N2O. The SMILES string of the molecule is CC[C@]1(C)C[C@](CCNCc2ccc(N(C)C)cc2)(c2ccc(C)cc2)CCO1. The largest absolute Gasteiger partial charge is 0.378 e. The second-order valence-corrected chi connectivity index (χ2v) is 9.21. The van der Waals surface area contributed by atoms with Gasteiger partial charge in [-0.05, 0) is 69.3 Å². The summed E-state index contributed by atoms with van der Waals surface area (Å²) in [6.45, 7) is 9.49. The van der Waals surface area contributed by atoms with Crippen molar-refractivity contribution in [2.24, 2.45) is 0 Å². The standard InChI is InChI=1S/C26H38N2O/c1-6-25(3)20-26(16-18-29-25,23-11-7-21(2)8-12-23)15-17-27-19-22-9-13-24(14-10-22)28(4)5/h7-14,27H,6,15-20H2,1-5H3/t25-,26-/m1/s1. The van der Waals surface area contributed by atoms with E-state index in [0.29, 0.717) is 0 Å². The van der Waals surface area contributed by atoms with Crippen molar-refractivity contribution in [3.8, 4) is 0 Å². The van der Waals surface area contributed by atoms with Crippen molar-refractivity contribution >= 4 is 5.69 Å². The van der Waals surface area contributed by atoms with Crippen LogP contribution in [0.4, 0.5) is 5.69 Å². The molecule has 1 aliphatic heterocycles. The van der Waals surface area contributed by atoms with Crippen molar-refractivity contribution in [1.29, 1.82) is 0 Å². The van der Waals surface area contributed by atoms with E-state index < -0.39 is 0 Å². The Balaban J connectivity index is 1.66. The van der Waals surface area contributed by atoms with Crippen LogP contribution in [-0.4, -0.2) is 32.8 Å². The number of aryl methyl sites for hydroxylation is 1. The summed E-state index contributed by atoms with van der Waals surface area (Å²) in [6.07, 6.45) is 4.40. The lowest BCUT2D eigenvalue weighted by atomic mass is 9.66. The highest BCUT2D eigenvalue weighted by molar-refractivity contribution is 5.46. The van der Waals surface area contributed by atoms with Gasteiger partial charge in [-0.3, -0.25) is 0 Å². The molecule has 0 bridgehead atoms. The molecule has 0 saturated carbocycles. The van der Waals surface area contributed by atoms with Crippen LogP contribution in [0.1, 0.15) is 56.2 Å². The molecule has 1 N–H and O–H groups in total. The van der Waals surface area contributed by atoms with Gasteiger partial charge in [0, 0.05) is 38.3 Å². The Kier molecular flexibility index (Phi) is 7.02. The van der Waals surface area contributed by atoms with Crippen molar-refractivity contribution in [3.63, 3.8) is 0 Å². The molecule has 1 fully saturated rings. The van der Waals surface area contributed by atoms with Gasteiger partial charge >= 0.3 is 0 Å². The molecular weight excluding hydrogens is 356 g/mol. The summed E-state index contributed by atoms with van der Waals surface area (Å²) in [7, 11) is 4.16. The van der Waals surface area contributed by atoms with E-state index in [4.69, 9.17) is 4.74 Å². The third-order valence-corrected chi connectivity index (χ3v) is 6.72. The molecule has 0 aromatic heterocycles. The van der Waals surface area contributed by atoms with E-state index in [0.717, 1.165) is 45.4 Å². The highest BCUT2D eigenvalue weighted by Crippen LogP contribution is 2.45. The lowest BCUT2D eigenvalue weighted by Crippen LogP contribution is -2.46. The van der Waals surface area contributed by atoms with Gasteiger partial charge in [0.15, 0.2) is 0 Å². The average molecular weight is 395 g/mol. The van der Waals surface area contributed by atoms with Crippen LogP contribution >= 0.6 is 0 Å². The molecule has 2 aromatic carbocycles. The zero-order valence-electron chi connectivity index (χ0n) is 18.9. The van der Waals surface area contributed by atoms with Crippen LogP contribution < -0.4 is 10.2 Å². The van der Waals surface area contributed by atoms with Crippen LogP contribution in [0.2, 0.25) is 0 Å². The van der Waals surface area contributed by atoms with Crippen LogP contribution in [0.5, 0.6) is 0 Å². The number of nitrogens with one attached hydrogen (secondary N) is 1. The molecule has 1 heterocycles. The van der Waals surface area contributed by atoms with Gasteiger partial charge < -0.3 is 15.0 Å². The highest BCUT2D eigenvalue weighted by Gasteiger charge is 2.43. The Morgan fingerprint density at radius 1 is 1.03 bits per heavy atom. The zero-order chi connectivity index (χ0) is 20.9. The monoisotopic (exact) mass is 394 g/mol. The number of anilines is 1. The number of rotatable bonds is 8. The molecule has 0 amide bonds. The number of ether oxygens (including phenoxy) is 1. The molecule has 3 heteroatoms. The molecule has 3 nitrogen and oxygen atoms in total. The Morgan fingerprint density at radius 3 is 2.34 bits per heavy atom. The smallest absolute Gasteiger partial charge is 0.0660 e. The Labute approximate surface area is 177 Å². The Hall–Kier alpha value is -1.84. The minimum atomic E-state index is -0.0227. The topological polar surface area (TPSA) is 24.5 Å². The van der Waals surface area contributed by atoms with Crippen LogP contribution in [-0.2, 0) is 16.7 Å². The first-order valence-corrected chi connectivity index (χ1v) is 11.0. The van der Waals surface area contributed by atoms with Crippen molar-refractivity contribution in [2.45, 2.75) is 64.0 Å². The lowest BCUT2D eigenvalue weighted by Gasteiger charge is -2.47. The van der Waals surface area contributed by atoms with E-state index in [1.807, 2.05) is 0 Å². The van der Waals surface area contributed by atoms with E-state index in [1.165, 1.54) is 22.4 Å². The first-order valence-electron chi connectivity index (χ1n) is 11.0. The number of hydrogen-bond acceptors (Lipinski definition) is 3. The summed E-state index contributed by atoms with van der Waals surface area (Å²) in [5.41, 5.74) is 5.55. The predicted octanol–water partition coefficient (Wildman–Crippen LogP) is 5.46. The van der Waals surface area contributed by atoms with Crippen LogP contribution in [0.25, 0.3) is 0 Å². The number of benzene rings is 2. The summed E-state index contributed by atoms with van der Waals surface area (Å²) in [4.78, 5) is 2.14. The van der Waals surface area contributed by atoms with Gasteiger partial charge in [-0.25, -0.2) is 0 Å². The minimum absolute atomic E-state index is 0.0227. The second kappa shape index (κ2) is 9.32. The van der Waals surface area contributed by atoms with Crippen LogP contribution in [0.15, 0.2) is 48.5 Å². The molecule has 2 aromatic rings. The zero-order valence-corrected chi connectivity index (χ0v) is 18.9. The molecule has 1 saturated heterocycles. The summed E-state index contributed by atoms with van der Waals surface area (Å²) in [6, 6.07) is 18.0. The van der Waals surface area contributed by atoms with E-state index in [2.05, 4.69) is 93.6 Å². The van der Waals surface area contributed by atoms with Gasteiger partial charge in [0.2, 0.25) is 0 Å². The Morgan fingerprint density at radius 2 is 1.72 bits per heavy atom. The lowest BCUT2D eigenvalue weighted by molar-refractivity contribution is -0.0979. The normalized spacial score (nSPS) is 24.4. The fourth-order valence-electron chi connectivity index (χ4n) is 4.56. The molecule has 0 spiro atoms. The van der Waals surface area contributed by atoms with Crippen molar-refractivity contribution in [1.82, 2.24) is 5.32 Å². The second-order valence-electron chi connectivity index (χ2n) is 9.21. The maximum absolute atomic E-state index is 6.20. The van der Waals surface area contributed by atoms with E-state index in [9.17, 15) is 0 Å². The average Bonchev–Trinajstić information content (AvgIpc) is 2.72. The molecule has 1 aliphatic rings. The molecule has 0 unspecified atom stereocenters. The fraction of sp³-hybridized carbons (Fsp3) is 0.538.